The van der Waals surface area contributed by atoms with E-state index in [0.717, 1.165) is 0 Å². The molecule has 2 rings (SSSR count). The molecule has 2 heterocycles. The van der Waals surface area contributed by atoms with Crippen LogP contribution in [0.4, 0.5) is 11.8 Å². The van der Waals surface area contributed by atoms with Crippen molar-refractivity contribution in [2.45, 2.75) is 13.2 Å². The van der Waals surface area contributed by atoms with Gasteiger partial charge in [0.1, 0.15) is 18.1 Å². The number of H-pyrrole nitrogens is 1. The molecule has 1 unspecified atom stereocenters. The van der Waals surface area contributed by atoms with Gasteiger partial charge in [0.25, 0.3) is 0 Å². The minimum absolute atomic E-state index is 0.334. The monoisotopic (exact) mass is 194 g/mol. The molecule has 0 bridgehead atoms. The number of anilines is 2. The Kier molecular flexibility index (Phi) is 1.93. The third kappa shape index (κ3) is 1.44. The van der Waals surface area contributed by atoms with Crippen LogP contribution in [0.15, 0.2) is 6.33 Å². The summed E-state index contributed by atoms with van der Waals surface area (Å²) in [6.45, 7) is 1.59. The summed E-state index contributed by atoms with van der Waals surface area (Å²) in [5.74, 6) is 0.753. The Labute approximate surface area is 79.4 Å². The Bertz CT molecular complexity index is 450. The number of aromatic nitrogens is 4. The van der Waals surface area contributed by atoms with Gasteiger partial charge in [0, 0.05) is 0 Å². The minimum Gasteiger partial charge on any atom is -0.382 e. The summed E-state index contributed by atoms with van der Waals surface area (Å²) in [4.78, 5) is 14.6. The highest BCUT2D eigenvalue weighted by atomic mass is 16.3. The van der Waals surface area contributed by atoms with E-state index in [2.05, 4.69) is 25.3 Å². The van der Waals surface area contributed by atoms with E-state index in [1.807, 2.05) is 0 Å². The zero-order valence-corrected chi connectivity index (χ0v) is 7.52. The van der Waals surface area contributed by atoms with Crippen LogP contribution in [0.25, 0.3) is 11.2 Å². The maximum absolute atomic E-state index is 9.06. The summed E-state index contributed by atoms with van der Waals surface area (Å²) in [7, 11) is 0. The van der Waals surface area contributed by atoms with E-state index in [-0.39, 0.29) is 0 Å². The number of nitrogen functional groups attached to an aromatic ring is 1. The first kappa shape index (κ1) is 8.70. The molecule has 0 fully saturated rings. The molecule has 5 N–H and O–H groups in total. The molecule has 2 aromatic heterocycles. The lowest BCUT2D eigenvalue weighted by molar-refractivity contribution is 0.223. The summed E-state index contributed by atoms with van der Waals surface area (Å²) in [6, 6.07) is 0. The van der Waals surface area contributed by atoms with Crippen LogP contribution >= 0.6 is 0 Å². The molecule has 0 saturated heterocycles. The Morgan fingerprint density at radius 3 is 3.00 bits per heavy atom. The number of nitrogens with two attached hydrogens (primary N) is 1. The second kappa shape index (κ2) is 3.11. The molecular formula is C7H10N6O. The zero-order valence-electron chi connectivity index (χ0n) is 7.52. The number of imidazole rings is 1. The standard InChI is InChI=1S/C7H10N6O/c1-3(14)11-7-12-4-5(8)9-2-10-6(4)13-7/h2-3,14H,1H3,(H4,8,9,10,11,12,13). The molecule has 0 amide bonds. The molecule has 0 radical (unpaired) electrons. The van der Waals surface area contributed by atoms with Gasteiger partial charge in [-0.05, 0) is 6.92 Å². The van der Waals surface area contributed by atoms with Crippen molar-refractivity contribution in [2.75, 3.05) is 11.1 Å². The maximum atomic E-state index is 9.06. The van der Waals surface area contributed by atoms with Crippen molar-refractivity contribution in [1.82, 2.24) is 19.9 Å². The number of rotatable bonds is 2. The van der Waals surface area contributed by atoms with Crippen molar-refractivity contribution in [3.05, 3.63) is 6.33 Å². The van der Waals surface area contributed by atoms with Gasteiger partial charge >= 0.3 is 0 Å². The molecule has 74 valence electrons. The van der Waals surface area contributed by atoms with E-state index in [4.69, 9.17) is 10.8 Å². The molecule has 0 spiro atoms. The van der Waals surface area contributed by atoms with Crippen molar-refractivity contribution in [3.63, 3.8) is 0 Å². The molecule has 1 atom stereocenters. The maximum Gasteiger partial charge on any atom is 0.204 e. The summed E-state index contributed by atoms with van der Waals surface area (Å²) in [5.41, 5.74) is 6.63. The third-order valence-corrected chi connectivity index (χ3v) is 1.66. The van der Waals surface area contributed by atoms with Crippen LogP contribution < -0.4 is 11.1 Å². The van der Waals surface area contributed by atoms with Gasteiger partial charge in [0.15, 0.2) is 11.5 Å². The summed E-state index contributed by atoms with van der Waals surface area (Å²) >= 11 is 0. The molecular weight excluding hydrogens is 184 g/mol. The molecule has 2 aromatic rings. The lowest BCUT2D eigenvalue weighted by atomic mass is 10.5. The predicted octanol–water partition coefficient (Wildman–Crippen LogP) is -0.315. The highest BCUT2D eigenvalue weighted by Gasteiger charge is 2.07. The van der Waals surface area contributed by atoms with Crippen LogP contribution in [0.2, 0.25) is 0 Å². The number of aliphatic hydroxyl groups excluding tert-OH is 1. The normalized spacial score (nSPS) is 13.0. The largest absolute Gasteiger partial charge is 0.382 e. The van der Waals surface area contributed by atoms with Crippen molar-refractivity contribution in [2.24, 2.45) is 0 Å². The van der Waals surface area contributed by atoms with Crippen LogP contribution in [0.5, 0.6) is 0 Å². The zero-order chi connectivity index (χ0) is 10.1. The first-order valence-electron chi connectivity index (χ1n) is 4.07. The molecule has 7 nitrogen and oxygen atoms in total. The average molecular weight is 194 g/mol. The Morgan fingerprint density at radius 2 is 2.36 bits per heavy atom. The van der Waals surface area contributed by atoms with Gasteiger partial charge in [0.2, 0.25) is 5.95 Å². The van der Waals surface area contributed by atoms with Gasteiger partial charge in [0.05, 0.1) is 0 Å². The first-order chi connectivity index (χ1) is 6.66. The number of nitrogens with zero attached hydrogens (tertiary/aromatic N) is 3. The van der Waals surface area contributed by atoms with E-state index in [1.165, 1.54) is 6.33 Å². The lowest BCUT2D eigenvalue weighted by Crippen LogP contribution is -2.14. The minimum atomic E-state index is -0.690. The number of aliphatic hydroxyl groups is 1. The Morgan fingerprint density at radius 1 is 1.57 bits per heavy atom. The summed E-state index contributed by atoms with van der Waals surface area (Å²) in [6.07, 6.45) is 0.648. The molecule has 7 heteroatoms. The molecule has 0 saturated carbocycles. The average Bonchev–Trinajstić information content (AvgIpc) is 2.47. The first-order valence-corrected chi connectivity index (χ1v) is 4.07. The number of nitrogens with one attached hydrogen (secondary N) is 2. The second-order valence-electron chi connectivity index (χ2n) is 2.86. The predicted molar refractivity (Wildman–Crippen MR) is 51.4 cm³/mol. The smallest absolute Gasteiger partial charge is 0.204 e. The van der Waals surface area contributed by atoms with Crippen molar-refractivity contribution in [3.8, 4) is 0 Å². The quantitative estimate of drug-likeness (QED) is 0.487. The van der Waals surface area contributed by atoms with E-state index in [9.17, 15) is 0 Å². The van der Waals surface area contributed by atoms with Gasteiger partial charge in [-0.3, -0.25) is 0 Å². The van der Waals surface area contributed by atoms with Crippen LogP contribution in [-0.4, -0.2) is 31.3 Å². The van der Waals surface area contributed by atoms with E-state index < -0.39 is 6.23 Å². The van der Waals surface area contributed by atoms with Crippen LogP contribution in [0, 0.1) is 0 Å². The SMILES string of the molecule is CC(O)Nc1nc2ncnc(N)c2[nH]1. The summed E-state index contributed by atoms with van der Waals surface area (Å²) in [5, 5.41) is 11.7. The molecule has 0 aromatic carbocycles. The van der Waals surface area contributed by atoms with Crippen molar-refractivity contribution in [1.29, 1.82) is 0 Å². The summed E-state index contributed by atoms with van der Waals surface area (Å²) < 4.78 is 0. The van der Waals surface area contributed by atoms with Gasteiger partial charge < -0.3 is 21.1 Å². The van der Waals surface area contributed by atoms with Crippen LogP contribution in [-0.2, 0) is 0 Å². The highest BCUT2D eigenvalue weighted by Crippen LogP contribution is 2.15. The fourth-order valence-electron chi connectivity index (χ4n) is 1.11. The van der Waals surface area contributed by atoms with E-state index in [0.29, 0.717) is 22.9 Å². The van der Waals surface area contributed by atoms with E-state index in [1.54, 1.807) is 6.92 Å². The number of fused-ring (bicyclic) bond motifs is 1. The molecule has 14 heavy (non-hydrogen) atoms. The molecule has 0 aliphatic carbocycles. The lowest BCUT2D eigenvalue weighted by Gasteiger charge is -2.03. The van der Waals surface area contributed by atoms with E-state index >= 15 is 0 Å². The Balaban J connectivity index is 2.46. The van der Waals surface area contributed by atoms with Gasteiger partial charge in [-0.2, -0.15) is 4.98 Å². The molecule has 0 aliphatic heterocycles. The van der Waals surface area contributed by atoms with Crippen molar-refractivity contribution >= 4 is 22.9 Å². The highest BCUT2D eigenvalue weighted by molar-refractivity contribution is 5.82. The second-order valence-corrected chi connectivity index (χ2v) is 2.86. The van der Waals surface area contributed by atoms with Gasteiger partial charge in [-0.1, -0.05) is 0 Å². The molecule has 0 aliphatic rings. The number of aromatic amines is 1. The topological polar surface area (TPSA) is 113 Å². The number of hydrogen-bond donors (Lipinski definition) is 4. The van der Waals surface area contributed by atoms with Gasteiger partial charge in [-0.15, -0.1) is 0 Å². The fourth-order valence-corrected chi connectivity index (χ4v) is 1.11. The van der Waals surface area contributed by atoms with Crippen LogP contribution in [0.3, 0.4) is 0 Å². The van der Waals surface area contributed by atoms with Gasteiger partial charge in [-0.25, -0.2) is 9.97 Å². The van der Waals surface area contributed by atoms with Crippen LogP contribution in [0.1, 0.15) is 6.92 Å². The fraction of sp³-hybridized carbons (Fsp3) is 0.286. The Hall–Kier alpha value is -1.89. The third-order valence-electron chi connectivity index (χ3n) is 1.66. The van der Waals surface area contributed by atoms with Crippen molar-refractivity contribution < 1.29 is 5.11 Å². The number of hydrogen-bond acceptors (Lipinski definition) is 6.